The summed E-state index contributed by atoms with van der Waals surface area (Å²) in [6.45, 7) is 5.06. The number of rotatable bonds is 2. The highest BCUT2D eigenvalue weighted by Crippen LogP contribution is 2.32. The molecule has 0 radical (unpaired) electrons. The van der Waals surface area contributed by atoms with Crippen LogP contribution in [0.2, 0.25) is 0 Å². The molecule has 2 aromatic carbocycles. The summed E-state index contributed by atoms with van der Waals surface area (Å²) in [5.41, 5.74) is 5.24. The third-order valence-corrected chi connectivity index (χ3v) is 5.23. The zero-order chi connectivity index (χ0) is 18.1. The average molecular weight is 349 g/mol. The summed E-state index contributed by atoms with van der Waals surface area (Å²) < 4.78 is 0. The molecule has 2 aliphatic rings. The van der Waals surface area contributed by atoms with E-state index in [1.807, 2.05) is 48.2 Å². The van der Waals surface area contributed by atoms with Crippen LogP contribution in [0.15, 0.2) is 42.5 Å². The third-order valence-electron chi connectivity index (χ3n) is 5.23. The van der Waals surface area contributed by atoms with Crippen molar-refractivity contribution in [2.45, 2.75) is 19.8 Å². The van der Waals surface area contributed by atoms with Crippen molar-refractivity contribution < 1.29 is 9.59 Å². The molecule has 1 N–H and O–H groups in total. The lowest BCUT2D eigenvalue weighted by atomic mass is 10.00. The number of anilines is 2. The quantitative estimate of drug-likeness (QED) is 0.907. The summed E-state index contributed by atoms with van der Waals surface area (Å²) in [4.78, 5) is 28.6. The van der Waals surface area contributed by atoms with Gasteiger partial charge in [0.15, 0.2) is 0 Å². The summed E-state index contributed by atoms with van der Waals surface area (Å²) >= 11 is 0. The Morgan fingerprint density at radius 3 is 2.42 bits per heavy atom. The second-order valence-corrected chi connectivity index (χ2v) is 7.00. The summed E-state index contributed by atoms with van der Waals surface area (Å²) in [6.07, 6.45) is 1.32. The first-order valence-electron chi connectivity index (χ1n) is 9.14. The molecule has 0 bridgehead atoms. The van der Waals surface area contributed by atoms with Crippen molar-refractivity contribution >= 4 is 23.2 Å². The number of carbonyl (C=O) groups is 2. The highest BCUT2D eigenvalue weighted by Gasteiger charge is 2.25. The highest BCUT2D eigenvalue weighted by atomic mass is 16.2. The monoisotopic (exact) mass is 349 g/mol. The second-order valence-electron chi connectivity index (χ2n) is 7.00. The third kappa shape index (κ3) is 3.17. The maximum absolute atomic E-state index is 12.7. The molecule has 2 amide bonds. The van der Waals surface area contributed by atoms with E-state index in [2.05, 4.69) is 16.3 Å². The van der Waals surface area contributed by atoms with Gasteiger partial charge in [-0.1, -0.05) is 23.8 Å². The van der Waals surface area contributed by atoms with E-state index in [-0.39, 0.29) is 11.8 Å². The van der Waals surface area contributed by atoms with Crippen molar-refractivity contribution in [2.75, 3.05) is 36.4 Å². The van der Waals surface area contributed by atoms with Crippen molar-refractivity contribution in [3.8, 4) is 0 Å². The molecule has 2 aliphatic heterocycles. The Bertz CT molecular complexity index is 837. The van der Waals surface area contributed by atoms with E-state index in [4.69, 9.17) is 0 Å². The predicted molar refractivity (Wildman–Crippen MR) is 103 cm³/mol. The first-order valence-corrected chi connectivity index (χ1v) is 9.14. The van der Waals surface area contributed by atoms with Crippen LogP contribution in [0, 0.1) is 6.92 Å². The number of piperazine rings is 1. The van der Waals surface area contributed by atoms with Gasteiger partial charge in [0, 0.05) is 49.5 Å². The van der Waals surface area contributed by atoms with E-state index in [1.165, 1.54) is 11.3 Å². The van der Waals surface area contributed by atoms with E-state index in [0.717, 1.165) is 36.3 Å². The molecule has 5 heteroatoms. The van der Waals surface area contributed by atoms with Crippen molar-refractivity contribution in [3.05, 3.63) is 59.2 Å². The van der Waals surface area contributed by atoms with Gasteiger partial charge in [-0.2, -0.15) is 0 Å². The molecular weight excluding hydrogens is 326 g/mol. The molecule has 0 aliphatic carbocycles. The minimum atomic E-state index is 0.0863. The Labute approximate surface area is 153 Å². The summed E-state index contributed by atoms with van der Waals surface area (Å²) in [5, 5.41) is 2.96. The van der Waals surface area contributed by atoms with E-state index in [0.29, 0.717) is 19.5 Å². The first-order chi connectivity index (χ1) is 12.6. The lowest BCUT2D eigenvalue weighted by Gasteiger charge is -2.38. The molecule has 1 saturated heterocycles. The number of nitrogens with zero attached hydrogens (tertiary/aromatic N) is 2. The standard InChI is InChI=1S/C21H23N3O2/c1-15-5-7-16(8-6-15)21(26)24-13-11-23(12-14-24)19-4-2-3-18-17(19)9-10-20(25)22-18/h2-8H,9-14H2,1H3,(H,22,25). The van der Waals surface area contributed by atoms with Gasteiger partial charge >= 0.3 is 0 Å². The Balaban J connectivity index is 1.46. The second kappa shape index (κ2) is 6.83. The lowest BCUT2D eigenvalue weighted by molar-refractivity contribution is -0.116. The van der Waals surface area contributed by atoms with Crippen molar-refractivity contribution in [2.24, 2.45) is 0 Å². The number of fused-ring (bicyclic) bond motifs is 1. The summed E-state index contributed by atoms with van der Waals surface area (Å²) in [7, 11) is 0. The largest absolute Gasteiger partial charge is 0.368 e. The van der Waals surface area contributed by atoms with Crippen LogP contribution in [0.4, 0.5) is 11.4 Å². The normalized spacial score (nSPS) is 16.9. The van der Waals surface area contributed by atoms with Gasteiger partial charge in [0.2, 0.25) is 5.91 Å². The van der Waals surface area contributed by atoms with Crippen LogP contribution in [0.5, 0.6) is 0 Å². The van der Waals surface area contributed by atoms with Crippen molar-refractivity contribution in [1.29, 1.82) is 0 Å². The van der Waals surface area contributed by atoms with E-state index in [9.17, 15) is 9.59 Å². The topological polar surface area (TPSA) is 52.7 Å². The Morgan fingerprint density at radius 1 is 0.962 bits per heavy atom. The highest BCUT2D eigenvalue weighted by molar-refractivity contribution is 5.96. The van der Waals surface area contributed by atoms with Crippen molar-refractivity contribution in [3.63, 3.8) is 0 Å². The maximum atomic E-state index is 12.7. The fourth-order valence-corrected chi connectivity index (χ4v) is 3.73. The van der Waals surface area contributed by atoms with Crippen LogP contribution in [0.25, 0.3) is 0 Å². The number of hydrogen-bond donors (Lipinski definition) is 1. The first kappa shape index (κ1) is 16.6. The maximum Gasteiger partial charge on any atom is 0.253 e. The van der Waals surface area contributed by atoms with Gasteiger partial charge < -0.3 is 15.1 Å². The molecule has 1 fully saturated rings. The van der Waals surface area contributed by atoms with Gasteiger partial charge in [-0.3, -0.25) is 9.59 Å². The Hall–Kier alpha value is -2.82. The minimum absolute atomic E-state index is 0.0863. The number of hydrogen-bond acceptors (Lipinski definition) is 3. The lowest BCUT2D eigenvalue weighted by Crippen LogP contribution is -2.49. The number of benzene rings is 2. The average Bonchev–Trinajstić information content (AvgIpc) is 2.67. The van der Waals surface area contributed by atoms with Gasteiger partial charge in [0.25, 0.3) is 5.91 Å². The number of aryl methyl sites for hydroxylation is 1. The molecule has 0 atom stereocenters. The van der Waals surface area contributed by atoms with E-state index >= 15 is 0 Å². The van der Waals surface area contributed by atoms with Crippen LogP contribution in [-0.4, -0.2) is 42.9 Å². The molecular formula is C21H23N3O2. The summed E-state index contributed by atoms with van der Waals surface area (Å²) in [6, 6.07) is 13.8. The molecule has 4 rings (SSSR count). The molecule has 26 heavy (non-hydrogen) atoms. The number of amides is 2. The number of nitrogens with one attached hydrogen (secondary N) is 1. The van der Waals surface area contributed by atoms with Gasteiger partial charge in [-0.15, -0.1) is 0 Å². The van der Waals surface area contributed by atoms with Crippen molar-refractivity contribution in [1.82, 2.24) is 4.90 Å². The van der Waals surface area contributed by atoms with Crippen LogP contribution in [0.1, 0.15) is 27.9 Å². The number of carbonyl (C=O) groups excluding carboxylic acids is 2. The Morgan fingerprint density at radius 2 is 1.69 bits per heavy atom. The van der Waals surface area contributed by atoms with Gasteiger partial charge in [0.05, 0.1) is 0 Å². The molecule has 134 valence electrons. The van der Waals surface area contributed by atoms with Gasteiger partial charge in [-0.25, -0.2) is 0 Å². The molecule has 5 nitrogen and oxygen atoms in total. The molecule has 2 heterocycles. The van der Waals surface area contributed by atoms with Crippen LogP contribution >= 0.6 is 0 Å². The van der Waals surface area contributed by atoms with Crippen LogP contribution in [0.3, 0.4) is 0 Å². The van der Waals surface area contributed by atoms with Gasteiger partial charge in [0.1, 0.15) is 0 Å². The summed E-state index contributed by atoms with van der Waals surface area (Å²) in [5.74, 6) is 0.190. The molecule has 2 aromatic rings. The SMILES string of the molecule is Cc1ccc(C(=O)N2CCN(c3cccc4c3CCC(=O)N4)CC2)cc1. The molecule has 0 aromatic heterocycles. The Kier molecular flexibility index (Phi) is 4.37. The van der Waals surface area contributed by atoms with Crippen LogP contribution in [-0.2, 0) is 11.2 Å². The smallest absolute Gasteiger partial charge is 0.253 e. The van der Waals surface area contributed by atoms with Gasteiger partial charge in [-0.05, 0) is 43.2 Å². The van der Waals surface area contributed by atoms with E-state index < -0.39 is 0 Å². The fraction of sp³-hybridized carbons (Fsp3) is 0.333. The fourth-order valence-electron chi connectivity index (χ4n) is 3.73. The zero-order valence-corrected chi connectivity index (χ0v) is 15.0. The molecule has 0 spiro atoms. The zero-order valence-electron chi connectivity index (χ0n) is 15.0. The molecule has 0 saturated carbocycles. The van der Waals surface area contributed by atoms with E-state index in [1.54, 1.807) is 0 Å². The van der Waals surface area contributed by atoms with Crippen LogP contribution < -0.4 is 10.2 Å². The minimum Gasteiger partial charge on any atom is -0.368 e. The predicted octanol–water partition coefficient (Wildman–Crippen LogP) is 2.84. The molecule has 0 unspecified atom stereocenters.